The van der Waals surface area contributed by atoms with E-state index in [0.717, 1.165) is 11.8 Å². The minimum absolute atomic E-state index is 0.493. The van der Waals surface area contributed by atoms with E-state index in [1.54, 1.807) is 0 Å². The number of hydrogen-bond acceptors (Lipinski definition) is 3. The van der Waals surface area contributed by atoms with Crippen molar-refractivity contribution in [1.29, 1.82) is 0 Å². The van der Waals surface area contributed by atoms with Gasteiger partial charge in [0, 0.05) is 21.7 Å². The van der Waals surface area contributed by atoms with Crippen molar-refractivity contribution < 1.29 is 0 Å². The van der Waals surface area contributed by atoms with Gasteiger partial charge in [-0.15, -0.1) is 11.3 Å². The van der Waals surface area contributed by atoms with Crippen LogP contribution in [0.2, 0.25) is 0 Å². The topological polar surface area (TPSA) is 12.0 Å². The van der Waals surface area contributed by atoms with Crippen LogP contribution in [0.25, 0.3) is 10.1 Å². The van der Waals surface area contributed by atoms with E-state index >= 15 is 0 Å². The largest absolute Gasteiger partial charge is 0.309 e. The molecule has 3 heteroatoms. The number of rotatable bonds is 6. The summed E-state index contributed by atoms with van der Waals surface area (Å²) in [6, 6.07) is 9.46. The summed E-state index contributed by atoms with van der Waals surface area (Å²) in [6.45, 7) is 3.25. The normalized spacial score (nSPS) is 17.9. The Morgan fingerprint density at radius 3 is 2.95 bits per heavy atom. The molecular weight excluding hydrogens is 282 g/mol. The van der Waals surface area contributed by atoms with Crippen molar-refractivity contribution in [2.75, 3.05) is 12.3 Å². The lowest BCUT2D eigenvalue weighted by molar-refractivity contribution is 0.609. The molecule has 3 rings (SSSR count). The molecule has 2 aromatic rings. The van der Waals surface area contributed by atoms with Crippen molar-refractivity contribution in [3.8, 4) is 0 Å². The summed E-state index contributed by atoms with van der Waals surface area (Å²) >= 11 is 4.06. The Hall–Kier alpha value is -0.510. The summed E-state index contributed by atoms with van der Waals surface area (Å²) < 4.78 is 1.46. The third kappa shape index (κ3) is 3.21. The maximum Gasteiger partial charge on any atom is 0.0426 e. The molecule has 1 unspecified atom stereocenters. The van der Waals surface area contributed by atoms with Crippen LogP contribution in [0.4, 0.5) is 0 Å². The Labute approximate surface area is 130 Å². The molecule has 1 aromatic heterocycles. The van der Waals surface area contributed by atoms with E-state index in [1.807, 2.05) is 11.3 Å². The van der Waals surface area contributed by atoms with Crippen LogP contribution in [0.3, 0.4) is 0 Å². The number of hydrogen-bond donors (Lipinski definition) is 1. The maximum absolute atomic E-state index is 3.69. The Balaban J connectivity index is 1.76. The second kappa shape index (κ2) is 6.97. The molecule has 1 nitrogen and oxygen atoms in total. The molecule has 0 bridgehead atoms. The van der Waals surface area contributed by atoms with Gasteiger partial charge in [-0.05, 0) is 41.8 Å². The summed E-state index contributed by atoms with van der Waals surface area (Å²) in [5, 5.41) is 8.19. The van der Waals surface area contributed by atoms with Gasteiger partial charge in [0.05, 0.1) is 0 Å². The molecule has 1 N–H and O–H groups in total. The number of thioether (sulfide) groups is 1. The first-order valence-electron chi connectivity index (χ1n) is 7.69. The Morgan fingerprint density at radius 2 is 2.15 bits per heavy atom. The van der Waals surface area contributed by atoms with E-state index in [2.05, 4.69) is 53.6 Å². The van der Waals surface area contributed by atoms with Gasteiger partial charge in [0.1, 0.15) is 0 Å². The zero-order valence-corrected chi connectivity index (χ0v) is 13.7. The lowest BCUT2D eigenvalue weighted by atomic mass is 10.1. The Bertz CT molecular complexity index is 543. The highest BCUT2D eigenvalue weighted by Crippen LogP contribution is 2.35. The lowest BCUT2D eigenvalue weighted by Crippen LogP contribution is -2.23. The molecule has 0 spiro atoms. The molecular formula is C17H23NS2. The van der Waals surface area contributed by atoms with E-state index in [1.165, 1.54) is 47.1 Å². The zero-order chi connectivity index (χ0) is 13.8. The van der Waals surface area contributed by atoms with Crippen molar-refractivity contribution in [2.45, 2.75) is 43.9 Å². The highest BCUT2D eigenvalue weighted by atomic mass is 32.2. The molecule has 0 radical (unpaired) electrons. The molecule has 1 aromatic carbocycles. The molecule has 0 amide bonds. The quantitative estimate of drug-likeness (QED) is 0.784. The molecule has 1 saturated carbocycles. The molecule has 0 saturated heterocycles. The van der Waals surface area contributed by atoms with Crippen LogP contribution in [0.15, 0.2) is 29.6 Å². The van der Waals surface area contributed by atoms with E-state index in [0.29, 0.717) is 6.04 Å². The first-order valence-corrected chi connectivity index (χ1v) is 9.62. The van der Waals surface area contributed by atoms with Gasteiger partial charge in [-0.25, -0.2) is 0 Å². The smallest absolute Gasteiger partial charge is 0.0426 e. The maximum atomic E-state index is 3.69. The molecule has 1 fully saturated rings. The molecule has 108 valence electrons. The van der Waals surface area contributed by atoms with Crippen molar-refractivity contribution in [3.63, 3.8) is 0 Å². The minimum atomic E-state index is 0.493. The molecule has 0 aliphatic heterocycles. The molecule has 1 atom stereocenters. The highest BCUT2D eigenvalue weighted by molar-refractivity contribution is 7.99. The van der Waals surface area contributed by atoms with Gasteiger partial charge in [-0.3, -0.25) is 0 Å². The van der Waals surface area contributed by atoms with Crippen LogP contribution >= 0.6 is 23.1 Å². The third-order valence-electron chi connectivity index (χ3n) is 4.14. The van der Waals surface area contributed by atoms with Crippen LogP contribution < -0.4 is 5.32 Å². The van der Waals surface area contributed by atoms with Crippen molar-refractivity contribution in [1.82, 2.24) is 5.32 Å². The number of nitrogens with one attached hydrogen (secondary N) is 1. The van der Waals surface area contributed by atoms with Gasteiger partial charge in [0.25, 0.3) is 0 Å². The van der Waals surface area contributed by atoms with Crippen LogP contribution in [-0.4, -0.2) is 17.5 Å². The van der Waals surface area contributed by atoms with E-state index in [9.17, 15) is 0 Å². The first kappa shape index (κ1) is 14.4. The van der Waals surface area contributed by atoms with E-state index in [-0.39, 0.29) is 0 Å². The summed E-state index contributed by atoms with van der Waals surface area (Å²) in [6.07, 6.45) is 5.72. The van der Waals surface area contributed by atoms with Crippen LogP contribution in [-0.2, 0) is 0 Å². The van der Waals surface area contributed by atoms with Crippen molar-refractivity contribution >= 4 is 33.2 Å². The minimum Gasteiger partial charge on any atom is -0.309 e. The van der Waals surface area contributed by atoms with Crippen LogP contribution in [0.5, 0.6) is 0 Å². The molecule has 1 aliphatic carbocycles. The van der Waals surface area contributed by atoms with Crippen LogP contribution in [0.1, 0.15) is 44.2 Å². The lowest BCUT2D eigenvalue weighted by Gasteiger charge is -2.20. The van der Waals surface area contributed by atoms with Crippen LogP contribution in [0, 0.1) is 0 Å². The predicted octanol–water partition coefficient (Wildman–Crippen LogP) is 5.23. The van der Waals surface area contributed by atoms with E-state index in [4.69, 9.17) is 0 Å². The Kier molecular flexibility index (Phi) is 5.03. The second-order valence-electron chi connectivity index (χ2n) is 5.54. The molecule has 20 heavy (non-hydrogen) atoms. The van der Waals surface area contributed by atoms with Gasteiger partial charge in [0.2, 0.25) is 0 Å². The summed E-state index contributed by atoms with van der Waals surface area (Å²) in [5.74, 6) is 1.20. The molecule has 1 aliphatic rings. The third-order valence-corrected chi connectivity index (χ3v) is 6.58. The first-order chi connectivity index (χ1) is 9.88. The standard InChI is InChI=1S/C17H23NS2/c1-2-18-16(12-20-14-7-3-4-8-14)15-9-5-6-13-10-11-19-17(13)15/h5-6,9-11,14,16,18H,2-4,7-8,12H2,1H3. The average Bonchev–Trinajstić information content (AvgIpc) is 3.13. The fourth-order valence-electron chi connectivity index (χ4n) is 3.08. The van der Waals surface area contributed by atoms with Gasteiger partial charge in [-0.2, -0.15) is 11.8 Å². The summed E-state index contributed by atoms with van der Waals surface area (Å²) in [4.78, 5) is 0. The van der Waals surface area contributed by atoms with Crippen molar-refractivity contribution in [2.24, 2.45) is 0 Å². The summed E-state index contributed by atoms with van der Waals surface area (Å²) in [7, 11) is 0. The number of fused-ring (bicyclic) bond motifs is 1. The SMILES string of the molecule is CCNC(CSC1CCCC1)c1cccc2ccsc12. The van der Waals surface area contributed by atoms with Gasteiger partial charge >= 0.3 is 0 Å². The highest BCUT2D eigenvalue weighted by Gasteiger charge is 2.19. The Morgan fingerprint density at radius 1 is 1.30 bits per heavy atom. The van der Waals surface area contributed by atoms with Gasteiger partial charge in [-0.1, -0.05) is 38.0 Å². The van der Waals surface area contributed by atoms with Gasteiger partial charge in [0.15, 0.2) is 0 Å². The number of benzene rings is 1. The number of thiophene rings is 1. The second-order valence-corrected chi connectivity index (χ2v) is 7.79. The summed E-state index contributed by atoms with van der Waals surface area (Å²) in [5.41, 5.74) is 1.49. The molecule has 1 heterocycles. The fourth-order valence-corrected chi connectivity index (χ4v) is 5.48. The predicted molar refractivity (Wildman–Crippen MR) is 93.0 cm³/mol. The zero-order valence-electron chi connectivity index (χ0n) is 12.1. The fraction of sp³-hybridized carbons (Fsp3) is 0.529. The van der Waals surface area contributed by atoms with Gasteiger partial charge < -0.3 is 5.32 Å². The monoisotopic (exact) mass is 305 g/mol. The van der Waals surface area contributed by atoms with Crippen molar-refractivity contribution in [3.05, 3.63) is 35.2 Å². The van der Waals surface area contributed by atoms with E-state index < -0.39 is 0 Å². The average molecular weight is 306 g/mol.